The van der Waals surface area contributed by atoms with Gasteiger partial charge in [0.25, 0.3) is 0 Å². The monoisotopic (exact) mass is 345 g/mol. The molecule has 0 fully saturated rings. The second-order valence-corrected chi connectivity index (χ2v) is 5.80. The predicted octanol–water partition coefficient (Wildman–Crippen LogP) is 3.65. The molecule has 2 N–H and O–H groups in total. The second-order valence-electron chi connectivity index (χ2n) is 5.80. The highest BCUT2D eigenvalue weighted by Gasteiger charge is 2.30. The Morgan fingerprint density at radius 1 is 1.12 bits per heavy atom. The smallest absolute Gasteiger partial charge is 0.416 e. The lowest BCUT2D eigenvalue weighted by molar-refractivity contribution is -0.138. The molecule has 1 unspecified atom stereocenters. The van der Waals surface area contributed by atoms with E-state index in [1.54, 1.807) is 6.92 Å². The number of carbonyl (C=O) groups is 2. The fraction of sp³-hybridized carbons (Fsp3) is 0.529. The lowest BCUT2D eigenvalue weighted by atomic mass is 9.99. The molecular formula is C17H22F3NO3. The van der Waals surface area contributed by atoms with Gasteiger partial charge >= 0.3 is 12.1 Å². The molecule has 1 aromatic rings. The number of hydrogen-bond acceptors (Lipinski definition) is 2. The molecule has 0 aromatic heterocycles. The van der Waals surface area contributed by atoms with E-state index < -0.39 is 17.7 Å². The number of aliphatic carboxylic acids is 1. The Morgan fingerprint density at radius 3 is 2.29 bits per heavy atom. The third-order valence-electron chi connectivity index (χ3n) is 3.64. The summed E-state index contributed by atoms with van der Waals surface area (Å²) in [4.78, 5) is 22.3. The van der Waals surface area contributed by atoms with Gasteiger partial charge in [0.05, 0.1) is 5.56 Å². The van der Waals surface area contributed by atoms with E-state index in [1.165, 1.54) is 12.1 Å². The quantitative estimate of drug-likeness (QED) is 0.672. The van der Waals surface area contributed by atoms with E-state index in [9.17, 15) is 22.8 Å². The summed E-state index contributed by atoms with van der Waals surface area (Å²) in [6.45, 7) is 2.19. The average Bonchev–Trinajstić information content (AvgIpc) is 2.49. The Hall–Kier alpha value is -2.05. The van der Waals surface area contributed by atoms with Crippen LogP contribution in [0.3, 0.4) is 0 Å². The van der Waals surface area contributed by atoms with Crippen LogP contribution < -0.4 is 5.32 Å². The van der Waals surface area contributed by atoms with Gasteiger partial charge in [-0.25, -0.2) is 0 Å². The molecule has 0 radical (unpaired) electrons. The van der Waals surface area contributed by atoms with Crippen LogP contribution in [0.5, 0.6) is 0 Å². The molecule has 0 aliphatic carbocycles. The summed E-state index contributed by atoms with van der Waals surface area (Å²) in [6, 6.07) is 4.81. The summed E-state index contributed by atoms with van der Waals surface area (Å²) in [7, 11) is 0. The predicted molar refractivity (Wildman–Crippen MR) is 83.4 cm³/mol. The number of carboxylic acid groups (broad SMARTS) is 1. The van der Waals surface area contributed by atoms with Crippen LogP contribution >= 0.6 is 0 Å². The van der Waals surface area contributed by atoms with Crippen molar-refractivity contribution in [3.63, 3.8) is 0 Å². The molecule has 0 aliphatic rings. The van der Waals surface area contributed by atoms with E-state index in [4.69, 9.17) is 5.11 Å². The fourth-order valence-corrected chi connectivity index (χ4v) is 2.24. The highest BCUT2D eigenvalue weighted by Crippen LogP contribution is 2.29. The number of nitrogens with one attached hydrogen (secondary N) is 1. The van der Waals surface area contributed by atoms with Crippen LogP contribution in [0.1, 0.15) is 43.7 Å². The summed E-state index contributed by atoms with van der Waals surface area (Å²) >= 11 is 0. The second kappa shape index (κ2) is 9.30. The zero-order valence-electron chi connectivity index (χ0n) is 13.5. The zero-order valence-corrected chi connectivity index (χ0v) is 13.5. The maximum atomic E-state index is 12.5. The lowest BCUT2D eigenvalue weighted by Crippen LogP contribution is -2.31. The third-order valence-corrected chi connectivity index (χ3v) is 3.64. The highest BCUT2D eigenvalue weighted by atomic mass is 19.4. The Bertz CT molecular complexity index is 541. The van der Waals surface area contributed by atoms with Gasteiger partial charge in [0.15, 0.2) is 0 Å². The minimum atomic E-state index is -4.36. The van der Waals surface area contributed by atoms with Crippen LogP contribution in [0.2, 0.25) is 0 Å². The number of rotatable bonds is 9. The first kappa shape index (κ1) is 20.0. The molecule has 1 aromatic carbocycles. The first-order valence-electron chi connectivity index (χ1n) is 7.86. The van der Waals surface area contributed by atoms with Crippen molar-refractivity contribution in [1.29, 1.82) is 0 Å². The molecule has 0 saturated carbocycles. The summed E-state index contributed by atoms with van der Waals surface area (Å²) in [5, 5.41) is 11.3. The van der Waals surface area contributed by atoms with Crippen LogP contribution in [-0.2, 0) is 22.2 Å². The van der Waals surface area contributed by atoms with E-state index in [2.05, 4.69) is 5.32 Å². The van der Waals surface area contributed by atoms with Crippen molar-refractivity contribution in [2.75, 3.05) is 6.54 Å². The van der Waals surface area contributed by atoms with Crippen LogP contribution in [0.15, 0.2) is 24.3 Å². The van der Waals surface area contributed by atoms with Crippen molar-refractivity contribution in [2.24, 2.45) is 5.92 Å². The Labute approximate surface area is 139 Å². The van der Waals surface area contributed by atoms with Gasteiger partial charge in [-0.3, -0.25) is 9.59 Å². The van der Waals surface area contributed by atoms with E-state index in [0.717, 1.165) is 18.6 Å². The summed E-state index contributed by atoms with van der Waals surface area (Å²) in [5.41, 5.74) is -0.0307. The van der Waals surface area contributed by atoms with Crippen molar-refractivity contribution in [1.82, 2.24) is 5.32 Å². The van der Waals surface area contributed by atoms with Crippen molar-refractivity contribution in [2.45, 2.75) is 45.2 Å². The molecule has 0 aliphatic heterocycles. The van der Waals surface area contributed by atoms with Gasteiger partial charge in [0.1, 0.15) is 0 Å². The minimum absolute atomic E-state index is 0.123. The van der Waals surface area contributed by atoms with E-state index >= 15 is 0 Å². The lowest BCUT2D eigenvalue weighted by Gasteiger charge is -2.13. The molecule has 0 saturated heterocycles. The molecule has 1 atom stereocenters. The molecule has 4 nitrogen and oxygen atoms in total. The Balaban J connectivity index is 2.32. The SMILES string of the molecule is CC(Cc1ccc(C(F)(F)F)cc1)C(=O)NCCCCCC(=O)O. The molecule has 0 spiro atoms. The number of unbranched alkanes of at least 4 members (excludes halogenated alkanes) is 2. The van der Waals surface area contributed by atoms with Gasteiger partial charge in [-0.2, -0.15) is 13.2 Å². The van der Waals surface area contributed by atoms with Gasteiger partial charge in [0, 0.05) is 18.9 Å². The highest BCUT2D eigenvalue weighted by molar-refractivity contribution is 5.78. The molecule has 24 heavy (non-hydrogen) atoms. The van der Waals surface area contributed by atoms with Gasteiger partial charge in [-0.15, -0.1) is 0 Å². The summed E-state index contributed by atoms with van der Waals surface area (Å²) < 4.78 is 37.5. The molecule has 1 amide bonds. The zero-order chi connectivity index (χ0) is 18.2. The summed E-state index contributed by atoms with van der Waals surface area (Å²) in [5.74, 6) is -1.34. The number of carboxylic acids is 1. The molecule has 7 heteroatoms. The average molecular weight is 345 g/mol. The van der Waals surface area contributed by atoms with Crippen LogP contribution in [0, 0.1) is 5.92 Å². The number of alkyl halides is 3. The van der Waals surface area contributed by atoms with Gasteiger partial charge in [-0.1, -0.05) is 25.5 Å². The summed E-state index contributed by atoms with van der Waals surface area (Å²) in [6.07, 6.45) is -1.87. The van der Waals surface area contributed by atoms with Crippen LogP contribution in [0.25, 0.3) is 0 Å². The largest absolute Gasteiger partial charge is 0.481 e. The standard InChI is InChI=1S/C17H22F3NO3/c1-12(16(24)21-10-4-2-3-5-15(22)23)11-13-6-8-14(9-7-13)17(18,19)20/h6-9,12H,2-5,10-11H2,1H3,(H,21,24)(H,22,23). The number of amides is 1. The van der Waals surface area contributed by atoms with E-state index in [1.807, 2.05) is 0 Å². The van der Waals surface area contributed by atoms with Gasteiger partial charge in [-0.05, 0) is 37.0 Å². The van der Waals surface area contributed by atoms with Crippen molar-refractivity contribution in [3.8, 4) is 0 Å². The van der Waals surface area contributed by atoms with E-state index in [0.29, 0.717) is 31.4 Å². The Kier molecular flexibility index (Phi) is 7.74. The number of benzene rings is 1. The van der Waals surface area contributed by atoms with Crippen molar-refractivity contribution < 1.29 is 27.9 Å². The Morgan fingerprint density at radius 2 is 1.75 bits per heavy atom. The molecule has 0 heterocycles. The maximum Gasteiger partial charge on any atom is 0.416 e. The first-order chi connectivity index (χ1) is 11.2. The molecular weight excluding hydrogens is 323 g/mol. The normalized spacial score (nSPS) is 12.7. The van der Waals surface area contributed by atoms with Crippen molar-refractivity contribution in [3.05, 3.63) is 35.4 Å². The van der Waals surface area contributed by atoms with Crippen LogP contribution in [-0.4, -0.2) is 23.5 Å². The first-order valence-corrected chi connectivity index (χ1v) is 7.86. The van der Waals surface area contributed by atoms with Gasteiger partial charge in [0.2, 0.25) is 5.91 Å². The van der Waals surface area contributed by atoms with Gasteiger partial charge < -0.3 is 10.4 Å². The fourth-order valence-electron chi connectivity index (χ4n) is 2.24. The third kappa shape index (κ3) is 7.48. The number of hydrogen-bond donors (Lipinski definition) is 2. The van der Waals surface area contributed by atoms with Crippen molar-refractivity contribution >= 4 is 11.9 Å². The molecule has 0 bridgehead atoms. The van der Waals surface area contributed by atoms with E-state index in [-0.39, 0.29) is 18.2 Å². The topological polar surface area (TPSA) is 66.4 Å². The minimum Gasteiger partial charge on any atom is -0.481 e. The molecule has 1 rings (SSSR count). The molecule has 134 valence electrons. The maximum absolute atomic E-state index is 12.5. The number of halogens is 3. The number of carbonyl (C=O) groups excluding carboxylic acids is 1. The van der Waals surface area contributed by atoms with Crippen LogP contribution in [0.4, 0.5) is 13.2 Å².